The van der Waals surface area contributed by atoms with Gasteiger partial charge < -0.3 is 15.4 Å². The molecule has 10 nitrogen and oxygen atoms in total. The summed E-state index contributed by atoms with van der Waals surface area (Å²) in [5.41, 5.74) is -0.715. The van der Waals surface area contributed by atoms with Gasteiger partial charge in [0.15, 0.2) is 0 Å². The number of hydrogen-bond donors (Lipinski definition) is 1. The molecule has 1 aromatic heterocycles. The molecule has 0 atom stereocenters. The first-order valence-electron chi connectivity index (χ1n) is 5.87. The predicted octanol–water partition coefficient (Wildman–Crippen LogP) is 0.780. The number of carbonyl (C=O) groups excluding carboxylic acids is 1. The van der Waals surface area contributed by atoms with E-state index >= 15 is 0 Å². The van der Waals surface area contributed by atoms with Crippen LogP contribution in [0.25, 0.3) is 0 Å². The van der Waals surface area contributed by atoms with Crippen LogP contribution in [0.15, 0.2) is 0 Å². The van der Waals surface area contributed by atoms with Crippen LogP contribution < -0.4 is 5.32 Å². The van der Waals surface area contributed by atoms with E-state index in [-0.39, 0.29) is 18.2 Å². The minimum absolute atomic E-state index is 0.0265. The Morgan fingerprint density at radius 1 is 1.35 bits per heavy atom. The Bertz CT molecular complexity index is 550. The summed E-state index contributed by atoms with van der Waals surface area (Å²) >= 11 is 0. The van der Waals surface area contributed by atoms with E-state index in [4.69, 9.17) is 0 Å². The quantitative estimate of drug-likeness (QED) is 0.606. The zero-order valence-electron chi connectivity index (χ0n) is 11.3. The van der Waals surface area contributed by atoms with E-state index in [1.165, 1.54) is 6.92 Å². The Morgan fingerprint density at radius 2 is 1.95 bits per heavy atom. The van der Waals surface area contributed by atoms with Crippen LogP contribution in [0.1, 0.15) is 19.5 Å². The highest BCUT2D eigenvalue weighted by Gasteiger charge is 2.35. The zero-order chi connectivity index (χ0) is 15.4. The van der Waals surface area contributed by atoms with E-state index in [2.05, 4.69) is 10.4 Å². The second-order valence-electron chi connectivity index (χ2n) is 4.63. The van der Waals surface area contributed by atoms with Crippen molar-refractivity contribution >= 4 is 17.4 Å². The maximum absolute atomic E-state index is 11.6. The third-order valence-corrected chi connectivity index (χ3v) is 2.51. The molecule has 1 heterocycles. The summed E-state index contributed by atoms with van der Waals surface area (Å²) in [5.74, 6) is -1.01. The van der Waals surface area contributed by atoms with Crippen molar-refractivity contribution in [3.05, 3.63) is 25.9 Å². The number of aromatic nitrogens is 2. The first-order valence-corrected chi connectivity index (χ1v) is 5.87. The first-order chi connectivity index (χ1) is 9.23. The molecule has 0 bridgehead atoms. The lowest BCUT2D eigenvalue weighted by Crippen LogP contribution is -2.31. The summed E-state index contributed by atoms with van der Waals surface area (Å²) in [4.78, 5) is 31.3. The molecule has 0 aromatic carbocycles. The highest BCUT2D eigenvalue weighted by molar-refractivity contribution is 5.76. The van der Waals surface area contributed by atoms with E-state index in [0.717, 1.165) is 4.68 Å². The lowest BCUT2D eigenvalue weighted by atomic mass is 10.2. The summed E-state index contributed by atoms with van der Waals surface area (Å²) < 4.78 is 0.964. The summed E-state index contributed by atoms with van der Waals surface area (Å²) in [7, 11) is 0. The molecule has 0 radical (unpaired) electrons. The largest absolute Gasteiger partial charge is 0.468 e. The molecule has 0 fully saturated rings. The van der Waals surface area contributed by atoms with Crippen molar-refractivity contribution < 1.29 is 14.6 Å². The summed E-state index contributed by atoms with van der Waals surface area (Å²) in [6.07, 6.45) is 0. The fourth-order valence-corrected chi connectivity index (χ4v) is 1.52. The Balaban J connectivity index is 2.97. The molecule has 1 aromatic rings. The number of hydrogen-bond acceptors (Lipinski definition) is 6. The van der Waals surface area contributed by atoms with Crippen molar-refractivity contribution in [2.24, 2.45) is 5.92 Å². The Labute approximate surface area is 114 Å². The monoisotopic (exact) mass is 285 g/mol. The molecule has 0 aliphatic rings. The van der Waals surface area contributed by atoms with Crippen LogP contribution >= 0.6 is 0 Å². The number of amides is 1. The van der Waals surface area contributed by atoms with Gasteiger partial charge in [-0.15, -0.1) is 0 Å². The molecule has 1 rings (SSSR count). The van der Waals surface area contributed by atoms with Crippen LogP contribution in [0.4, 0.5) is 11.5 Å². The maximum atomic E-state index is 11.6. The van der Waals surface area contributed by atoms with Gasteiger partial charge in [-0.3, -0.25) is 14.9 Å². The van der Waals surface area contributed by atoms with Gasteiger partial charge in [0.25, 0.3) is 0 Å². The Hall–Kier alpha value is -2.52. The molecule has 0 spiro atoms. The third-order valence-electron chi connectivity index (χ3n) is 2.51. The van der Waals surface area contributed by atoms with Crippen LogP contribution in [0.3, 0.4) is 0 Å². The maximum Gasteiger partial charge on any atom is 0.468 e. The molecule has 110 valence electrons. The average molecular weight is 285 g/mol. The van der Waals surface area contributed by atoms with Crippen LogP contribution in [0, 0.1) is 33.1 Å². The van der Waals surface area contributed by atoms with Crippen LogP contribution in [-0.2, 0) is 11.3 Å². The normalized spacial score (nSPS) is 10.6. The Kier molecular flexibility index (Phi) is 4.73. The van der Waals surface area contributed by atoms with Gasteiger partial charge in [0.2, 0.25) is 5.91 Å². The van der Waals surface area contributed by atoms with Gasteiger partial charge >= 0.3 is 11.5 Å². The molecule has 0 unspecified atom stereocenters. The molecule has 1 N–H and O–H groups in total. The molecule has 0 saturated carbocycles. The van der Waals surface area contributed by atoms with Crippen molar-refractivity contribution in [1.82, 2.24) is 15.1 Å². The lowest BCUT2D eigenvalue weighted by molar-refractivity contribution is -0.424. The van der Waals surface area contributed by atoms with Crippen LogP contribution in [-0.4, -0.2) is 32.1 Å². The molecule has 0 saturated heterocycles. The van der Waals surface area contributed by atoms with Crippen LogP contribution in [0.2, 0.25) is 0 Å². The number of nitrogens with zero attached hydrogens (tertiary/aromatic N) is 4. The van der Waals surface area contributed by atoms with Crippen molar-refractivity contribution in [2.45, 2.75) is 27.3 Å². The van der Waals surface area contributed by atoms with Gasteiger partial charge in [-0.1, -0.05) is 13.8 Å². The number of carbonyl (C=O) groups is 1. The fourth-order valence-electron chi connectivity index (χ4n) is 1.52. The second-order valence-corrected chi connectivity index (χ2v) is 4.63. The predicted molar refractivity (Wildman–Crippen MR) is 68.1 cm³/mol. The zero-order valence-corrected chi connectivity index (χ0v) is 11.3. The molecule has 1 amide bonds. The molecular weight excluding hydrogens is 270 g/mol. The number of nitro groups is 2. The van der Waals surface area contributed by atoms with E-state index in [0.29, 0.717) is 6.54 Å². The van der Waals surface area contributed by atoms with Crippen molar-refractivity contribution in [1.29, 1.82) is 0 Å². The van der Waals surface area contributed by atoms with Crippen molar-refractivity contribution in [3.8, 4) is 0 Å². The summed E-state index contributed by atoms with van der Waals surface area (Å²) in [5, 5.41) is 27.6. The molecule has 0 aliphatic carbocycles. The molecule has 20 heavy (non-hydrogen) atoms. The van der Waals surface area contributed by atoms with E-state index in [1.54, 1.807) is 0 Å². The Morgan fingerprint density at radius 3 is 2.35 bits per heavy atom. The van der Waals surface area contributed by atoms with E-state index in [9.17, 15) is 25.0 Å². The minimum Gasteiger partial charge on any atom is -0.358 e. The highest BCUT2D eigenvalue weighted by atomic mass is 16.6. The van der Waals surface area contributed by atoms with E-state index in [1.807, 2.05) is 13.8 Å². The van der Waals surface area contributed by atoms with Gasteiger partial charge in [-0.25, -0.2) is 0 Å². The van der Waals surface area contributed by atoms with Gasteiger partial charge in [-0.2, -0.15) is 4.68 Å². The van der Waals surface area contributed by atoms with Gasteiger partial charge in [-0.05, 0) is 17.8 Å². The SMILES string of the molecule is Cc1c([N+](=O)[O-])c([N+](=O)[O-])nn1CC(=O)NCC(C)C. The van der Waals surface area contributed by atoms with Crippen molar-refractivity contribution in [2.75, 3.05) is 6.54 Å². The average Bonchev–Trinajstić information content (AvgIpc) is 2.64. The van der Waals surface area contributed by atoms with Gasteiger partial charge in [0, 0.05) is 6.54 Å². The topological polar surface area (TPSA) is 133 Å². The number of rotatable bonds is 6. The molecular formula is C10H15N5O5. The fraction of sp³-hybridized carbons (Fsp3) is 0.600. The summed E-state index contributed by atoms with van der Waals surface area (Å²) in [6, 6.07) is 0. The standard InChI is InChI=1S/C10H15N5O5/c1-6(2)4-11-8(16)5-13-7(3)9(14(17)18)10(12-13)15(19)20/h6H,4-5H2,1-3H3,(H,11,16). The molecule has 0 aliphatic heterocycles. The lowest BCUT2D eigenvalue weighted by Gasteiger charge is -2.06. The van der Waals surface area contributed by atoms with Crippen molar-refractivity contribution in [3.63, 3.8) is 0 Å². The minimum atomic E-state index is -0.937. The highest BCUT2D eigenvalue weighted by Crippen LogP contribution is 2.28. The first kappa shape index (κ1) is 15.5. The smallest absolute Gasteiger partial charge is 0.358 e. The van der Waals surface area contributed by atoms with Crippen LogP contribution in [0.5, 0.6) is 0 Å². The second kappa shape index (κ2) is 6.08. The third kappa shape index (κ3) is 3.49. The number of nitrogens with one attached hydrogen (secondary N) is 1. The van der Waals surface area contributed by atoms with E-state index < -0.39 is 27.3 Å². The van der Waals surface area contributed by atoms with Gasteiger partial charge in [0.1, 0.15) is 12.2 Å². The molecule has 10 heteroatoms. The summed E-state index contributed by atoms with van der Waals surface area (Å²) in [6.45, 7) is 5.29. The van der Waals surface area contributed by atoms with Gasteiger partial charge in [0.05, 0.1) is 10.0 Å².